The van der Waals surface area contributed by atoms with Crippen LogP contribution in [0.5, 0.6) is 0 Å². The highest BCUT2D eigenvalue weighted by Gasteiger charge is 2.39. The number of benzene rings is 2. The van der Waals surface area contributed by atoms with E-state index in [0.717, 1.165) is 0 Å². The quantitative estimate of drug-likeness (QED) is 0.294. The summed E-state index contributed by atoms with van der Waals surface area (Å²) in [4.78, 5) is 12.9. The number of anilines is 2. The Morgan fingerprint density at radius 1 is 0.793 bits per heavy atom. The zero-order chi connectivity index (χ0) is 21.1. The predicted octanol–water partition coefficient (Wildman–Crippen LogP) is 5.21. The van der Waals surface area contributed by atoms with Gasteiger partial charge in [0.05, 0.1) is 19.8 Å². The standard InChI is InChI=1S/C21H27N2O5P/c1-4-26-21(24)19(29(25,27-5-2)28-6-3)20(22-17-13-9-7-10-14-17)23-18-15-11-8-12-16-18/h7-16,22-23H,4-6H2,1-3H3. The Kier molecular flexibility index (Phi) is 8.93. The van der Waals surface area contributed by atoms with Gasteiger partial charge in [-0.1, -0.05) is 36.4 Å². The molecule has 0 atom stereocenters. The number of para-hydroxylation sites is 2. The van der Waals surface area contributed by atoms with Gasteiger partial charge in [-0.05, 0) is 45.0 Å². The van der Waals surface area contributed by atoms with Gasteiger partial charge in [-0.15, -0.1) is 0 Å². The molecular weight excluding hydrogens is 391 g/mol. The third-order valence-electron chi connectivity index (χ3n) is 3.66. The summed E-state index contributed by atoms with van der Waals surface area (Å²) in [5.74, 6) is -0.606. The average molecular weight is 418 g/mol. The van der Waals surface area contributed by atoms with Crippen molar-refractivity contribution in [1.82, 2.24) is 0 Å². The minimum atomic E-state index is -3.97. The van der Waals surface area contributed by atoms with Crippen LogP contribution in [0.3, 0.4) is 0 Å². The molecule has 0 saturated heterocycles. The van der Waals surface area contributed by atoms with Gasteiger partial charge in [-0.25, -0.2) is 4.79 Å². The predicted molar refractivity (Wildman–Crippen MR) is 115 cm³/mol. The molecule has 0 aromatic heterocycles. The van der Waals surface area contributed by atoms with Crippen LogP contribution in [0.2, 0.25) is 0 Å². The first kappa shape index (κ1) is 22.7. The van der Waals surface area contributed by atoms with E-state index in [0.29, 0.717) is 11.4 Å². The molecule has 8 heteroatoms. The van der Waals surface area contributed by atoms with Crippen LogP contribution in [0, 0.1) is 0 Å². The van der Waals surface area contributed by atoms with Crippen LogP contribution in [0.15, 0.2) is 71.8 Å². The second-order valence-corrected chi connectivity index (χ2v) is 7.72. The SMILES string of the molecule is CCOC(=O)C(=C(Nc1ccccc1)Nc1ccccc1)P(=O)(OCC)OCC. The van der Waals surface area contributed by atoms with Crippen LogP contribution in [0.25, 0.3) is 0 Å². The lowest BCUT2D eigenvalue weighted by molar-refractivity contribution is -0.137. The van der Waals surface area contributed by atoms with Gasteiger partial charge < -0.3 is 24.4 Å². The summed E-state index contributed by atoms with van der Waals surface area (Å²) in [5, 5.41) is 6.04. The molecule has 2 N–H and O–H groups in total. The molecule has 0 radical (unpaired) electrons. The van der Waals surface area contributed by atoms with Crippen molar-refractivity contribution in [3.63, 3.8) is 0 Å². The fraction of sp³-hybridized carbons (Fsp3) is 0.286. The largest absolute Gasteiger partial charge is 0.462 e. The third-order valence-corrected chi connectivity index (χ3v) is 5.81. The van der Waals surface area contributed by atoms with Crippen molar-refractivity contribution in [2.75, 3.05) is 30.5 Å². The molecule has 0 aliphatic heterocycles. The van der Waals surface area contributed by atoms with E-state index in [2.05, 4.69) is 10.6 Å². The van der Waals surface area contributed by atoms with E-state index in [-0.39, 0.29) is 31.0 Å². The van der Waals surface area contributed by atoms with Crippen molar-refractivity contribution < 1.29 is 23.1 Å². The minimum Gasteiger partial charge on any atom is -0.462 e. The van der Waals surface area contributed by atoms with Crippen molar-refractivity contribution in [2.24, 2.45) is 0 Å². The average Bonchev–Trinajstić information content (AvgIpc) is 2.70. The molecule has 0 bridgehead atoms. The van der Waals surface area contributed by atoms with E-state index in [1.165, 1.54) is 0 Å². The second kappa shape index (κ2) is 11.4. The topological polar surface area (TPSA) is 85.9 Å². The minimum absolute atomic E-state index is 0.101. The number of rotatable bonds is 11. The van der Waals surface area contributed by atoms with E-state index in [1.807, 2.05) is 60.7 Å². The highest BCUT2D eigenvalue weighted by Crippen LogP contribution is 2.57. The number of ether oxygens (including phenoxy) is 1. The van der Waals surface area contributed by atoms with E-state index >= 15 is 0 Å². The lowest BCUT2D eigenvalue weighted by Crippen LogP contribution is -2.21. The number of hydrogen-bond acceptors (Lipinski definition) is 7. The Hall–Kier alpha value is -2.60. The maximum Gasteiger partial charge on any atom is 0.372 e. The van der Waals surface area contributed by atoms with Crippen LogP contribution in [0.4, 0.5) is 11.4 Å². The van der Waals surface area contributed by atoms with Crippen molar-refractivity contribution >= 4 is 24.9 Å². The fourth-order valence-corrected chi connectivity index (χ4v) is 4.22. The van der Waals surface area contributed by atoms with E-state index < -0.39 is 13.6 Å². The monoisotopic (exact) mass is 418 g/mol. The first-order valence-electron chi connectivity index (χ1n) is 9.49. The molecule has 0 heterocycles. The molecular formula is C21H27N2O5P. The number of carbonyl (C=O) groups excluding carboxylic acids is 1. The van der Waals surface area contributed by atoms with Crippen molar-refractivity contribution in [3.05, 3.63) is 71.8 Å². The molecule has 2 rings (SSSR count). The molecule has 2 aromatic rings. The van der Waals surface area contributed by atoms with Gasteiger partial charge in [0.2, 0.25) is 0 Å². The Morgan fingerprint density at radius 2 is 1.24 bits per heavy atom. The Bertz CT molecular complexity index is 802. The highest BCUT2D eigenvalue weighted by atomic mass is 31.2. The molecule has 0 aliphatic carbocycles. The zero-order valence-electron chi connectivity index (χ0n) is 16.9. The van der Waals surface area contributed by atoms with E-state index in [4.69, 9.17) is 13.8 Å². The molecule has 7 nitrogen and oxygen atoms in total. The Labute approximate surface area is 171 Å². The number of esters is 1. The molecule has 2 aromatic carbocycles. The molecule has 0 aliphatic rings. The smallest absolute Gasteiger partial charge is 0.372 e. The molecule has 156 valence electrons. The van der Waals surface area contributed by atoms with Gasteiger partial charge in [0.15, 0.2) is 5.31 Å². The van der Waals surface area contributed by atoms with Crippen molar-refractivity contribution in [1.29, 1.82) is 0 Å². The molecule has 0 amide bonds. The molecule has 0 fully saturated rings. The molecule has 29 heavy (non-hydrogen) atoms. The van der Waals surface area contributed by atoms with Crippen LogP contribution < -0.4 is 10.6 Å². The summed E-state index contributed by atoms with van der Waals surface area (Å²) in [6.45, 7) is 5.36. The van der Waals surface area contributed by atoms with Crippen LogP contribution in [-0.2, 0) is 23.1 Å². The molecule has 0 spiro atoms. The van der Waals surface area contributed by atoms with Gasteiger partial charge in [0.1, 0.15) is 5.82 Å². The van der Waals surface area contributed by atoms with Gasteiger partial charge in [-0.2, -0.15) is 0 Å². The molecule has 0 unspecified atom stereocenters. The van der Waals surface area contributed by atoms with Gasteiger partial charge in [0, 0.05) is 11.4 Å². The Balaban J connectivity index is 2.64. The summed E-state index contributed by atoms with van der Waals surface area (Å²) in [7, 11) is -3.97. The van der Waals surface area contributed by atoms with Crippen molar-refractivity contribution in [2.45, 2.75) is 20.8 Å². The number of carbonyl (C=O) groups is 1. The first-order chi connectivity index (χ1) is 14.0. The third kappa shape index (κ3) is 6.46. The van der Waals surface area contributed by atoms with Crippen LogP contribution in [-0.4, -0.2) is 25.8 Å². The van der Waals surface area contributed by atoms with Crippen molar-refractivity contribution in [3.8, 4) is 0 Å². The summed E-state index contributed by atoms with van der Waals surface area (Å²) < 4.78 is 29.7. The summed E-state index contributed by atoms with van der Waals surface area (Å²) in [5.41, 5.74) is 1.37. The Morgan fingerprint density at radius 3 is 1.62 bits per heavy atom. The maximum absolute atomic E-state index is 13.6. The lowest BCUT2D eigenvalue weighted by atomic mass is 10.3. The van der Waals surface area contributed by atoms with Gasteiger partial charge >= 0.3 is 13.6 Å². The van der Waals surface area contributed by atoms with Crippen LogP contribution in [0.1, 0.15) is 20.8 Å². The van der Waals surface area contributed by atoms with Gasteiger partial charge in [0.25, 0.3) is 0 Å². The lowest BCUT2D eigenvalue weighted by Gasteiger charge is -2.23. The van der Waals surface area contributed by atoms with E-state index in [9.17, 15) is 9.36 Å². The first-order valence-corrected chi connectivity index (χ1v) is 11.0. The summed E-state index contributed by atoms with van der Waals surface area (Å²) >= 11 is 0. The normalized spacial score (nSPS) is 10.9. The highest BCUT2D eigenvalue weighted by molar-refractivity contribution is 7.60. The van der Waals surface area contributed by atoms with Gasteiger partial charge in [-0.3, -0.25) is 4.57 Å². The maximum atomic E-state index is 13.6. The number of hydrogen-bond donors (Lipinski definition) is 2. The summed E-state index contributed by atoms with van der Waals surface area (Å²) in [6.07, 6.45) is 0. The second-order valence-electron chi connectivity index (χ2n) is 5.76. The van der Waals surface area contributed by atoms with E-state index in [1.54, 1.807) is 20.8 Å². The molecule has 0 saturated carbocycles. The summed E-state index contributed by atoms with van der Waals surface area (Å²) in [6, 6.07) is 18.4. The van der Waals surface area contributed by atoms with Crippen LogP contribution >= 0.6 is 7.60 Å². The number of nitrogens with one attached hydrogen (secondary N) is 2. The fourth-order valence-electron chi connectivity index (χ4n) is 2.54. The zero-order valence-corrected chi connectivity index (χ0v) is 17.8.